The molecule has 0 unspecified atom stereocenters. The quantitative estimate of drug-likeness (QED) is 0.416. The topological polar surface area (TPSA) is 107 Å². The minimum atomic E-state index is -5.05. The van der Waals surface area contributed by atoms with Crippen molar-refractivity contribution in [3.8, 4) is 0 Å². The molecule has 4 rings (SSSR count). The van der Waals surface area contributed by atoms with E-state index in [1.54, 1.807) is 0 Å². The first-order valence-electron chi connectivity index (χ1n) is 10.7. The lowest BCUT2D eigenvalue weighted by atomic mass is 10.1. The fourth-order valence-corrected chi connectivity index (χ4v) is 3.63. The molecule has 8 nitrogen and oxygen atoms in total. The molecule has 0 radical (unpaired) electrons. The molecule has 0 bridgehead atoms. The molecule has 34 heavy (non-hydrogen) atoms. The van der Waals surface area contributed by atoms with Crippen molar-refractivity contribution < 1.29 is 50.3 Å². The Morgan fingerprint density at radius 1 is 1.26 bits per heavy atom. The number of aliphatic hydroxyl groups is 2. The molecule has 3 atom stereocenters. The summed E-state index contributed by atoms with van der Waals surface area (Å²) in [6.07, 6.45) is -8.97. The minimum Gasteiger partial charge on any atom is -0.462 e. The number of nitrogens with zero attached hydrogens (tertiary/aromatic N) is 3. The number of likely N-dealkylation sites (N-methyl/N-ethyl adjacent to an activating group) is 1. The second kappa shape index (κ2) is 8.18. The van der Waals surface area contributed by atoms with Gasteiger partial charge in [-0.2, -0.15) is 13.2 Å². The van der Waals surface area contributed by atoms with E-state index in [-0.39, 0.29) is 15.9 Å². The third-order valence-electron chi connectivity index (χ3n) is 5.07. The smallest absolute Gasteiger partial charge is 0.420 e. The number of aliphatic hydroxyl groups excluding tert-OH is 2. The van der Waals surface area contributed by atoms with Crippen LogP contribution in [0.25, 0.3) is 11.1 Å². The molecule has 1 aliphatic heterocycles. The van der Waals surface area contributed by atoms with Crippen LogP contribution in [0.5, 0.6) is 0 Å². The Balaban J connectivity index is 1.90. The maximum Gasteiger partial charge on any atom is 0.420 e. The molecule has 0 aliphatic carbocycles. The number of aromatic nitrogens is 1. The molecular weight excluding hydrogens is 493 g/mol. The zero-order chi connectivity index (χ0) is 27.6. The molecule has 0 spiro atoms. The summed E-state index contributed by atoms with van der Waals surface area (Å²) in [7, 11) is 0. The molecule has 2 amide bonds. The highest BCUT2D eigenvalue weighted by Gasteiger charge is 2.53. The highest BCUT2D eigenvalue weighted by Crippen LogP contribution is 2.39. The van der Waals surface area contributed by atoms with Crippen LogP contribution in [-0.4, -0.2) is 52.2 Å². The van der Waals surface area contributed by atoms with E-state index in [4.69, 9.17) is 20.1 Å². The fraction of sp³-hybridized carbons (Fsp3) is 0.250. The number of amides is 2. The van der Waals surface area contributed by atoms with Crippen molar-refractivity contribution in [2.75, 3.05) is 16.8 Å². The van der Waals surface area contributed by atoms with Crippen molar-refractivity contribution in [3.05, 3.63) is 52.7 Å². The van der Waals surface area contributed by atoms with Gasteiger partial charge in [0.25, 0.3) is 11.8 Å². The largest absolute Gasteiger partial charge is 0.462 e. The van der Waals surface area contributed by atoms with E-state index in [1.165, 1.54) is 0 Å². The first-order valence-corrected chi connectivity index (χ1v) is 9.55. The summed E-state index contributed by atoms with van der Waals surface area (Å²) >= 11 is 5.61. The lowest BCUT2D eigenvalue weighted by Gasteiger charge is -2.29. The van der Waals surface area contributed by atoms with Gasteiger partial charge in [-0.1, -0.05) is 11.6 Å². The van der Waals surface area contributed by atoms with E-state index in [0.717, 1.165) is 12.3 Å². The molecule has 3 aromatic rings. The van der Waals surface area contributed by atoms with Crippen molar-refractivity contribution in [2.45, 2.75) is 24.4 Å². The predicted octanol–water partition coefficient (Wildman–Crippen LogP) is 2.88. The summed E-state index contributed by atoms with van der Waals surface area (Å²) in [4.78, 5) is 30.0. The average molecular weight is 509 g/mol. The van der Waals surface area contributed by atoms with E-state index < -0.39 is 88.0 Å². The number of hydrogen-bond donors (Lipinski definition) is 2. The van der Waals surface area contributed by atoms with Crippen molar-refractivity contribution in [1.29, 1.82) is 0 Å². The molecule has 0 saturated carbocycles. The van der Waals surface area contributed by atoms with Gasteiger partial charge in [0.1, 0.15) is 40.7 Å². The van der Waals surface area contributed by atoms with Crippen LogP contribution in [0.2, 0.25) is 5.02 Å². The zero-order valence-corrected chi connectivity index (χ0v) is 17.1. The van der Waals surface area contributed by atoms with E-state index in [0.29, 0.717) is 12.1 Å². The van der Waals surface area contributed by atoms with E-state index in [2.05, 4.69) is 4.98 Å². The van der Waals surface area contributed by atoms with Crippen LogP contribution >= 0.6 is 11.6 Å². The normalized spacial score (nSPS) is 22.6. The number of benzene rings is 1. The third-order valence-corrected chi connectivity index (χ3v) is 5.36. The van der Waals surface area contributed by atoms with Crippen LogP contribution in [0, 0.1) is 11.6 Å². The van der Waals surface area contributed by atoms with Crippen molar-refractivity contribution in [1.82, 2.24) is 4.98 Å². The number of carbonyl (C=O) groups is 2. The van der Waals surface area contributed by atoms with Crippen LogP contribution in [0.3, 0.4) is 0 Å². The Labute approximate surface area is 196 Å². The highest BCUT2D eigenvalue weighted by molar-refractivity contribution is 6.31. The van der Waals surface area contributed by atoms with Gasteiger partial charge >= 0.3 is 6.18 Å². The Kier molecular flexibility index (Phi) is 4.84. The number of halogens is 6. The van der Waals surface area contributed by atoms with Crippen LogP contribution in [0.15, 0.2) is 34.9 Å². The van der Waals surface area contributed by atoms with Gasteiger partial charge in [-0.25, -0.2) is 13.8 Å². The molecule has 1 saturated heterocycles. The van der Waals surface area contributed by atoms with Crippen molar-refractivity contribution in [3.63, 3.8) is 0 Å². The van der Waals surface area contributed by atoms with E-state index in [1.807, 2.05) is 0 Å². The lowest BCUT2D eigenvalue weighted by molar-refractivity contribution is -0.137. The molecule has 180 valence electrons. The fourth-order valence-electron chi connectivity index (χ4n) is 3.47. The minimum absolute atomic E-state index is 0.168. The number of carbonyl (C=O) groups excluding carboxylic acids is 2. The second-order valence-corrected chi connectivity index (χ2v) is 7.55. The Morgan fingerprint density at radius 3 is 2.62 bits per heavy atom. The Hall–Kier alpha value is -3.29. The molecule has 14 heteroatoms. The highest BCUT2D eigenvalue weighted by atomic mass is 35.5. The average Bonchev–Trinajstić information content (AvgIpc) is 3.33. The molecule has 1 aliphatic rings. The first-order chi connectivity index (χ1) is 17.0. The number of alkyl halides is 3. The SMILES string of the molecule is [2H]C([2H])([2H])N(C(=O)[C@@H]1[C@H](O)[C@H](O)C(=O)N1c1cc(C(F)(F)F)c2occc2n1)c1cc(Cl)c(F)cc1F. The lowest BCUT2D eigenvalue weighted by Crippen LogP contribution is -2.50. The summed E-state index contributed by atoms with van der Waals surface area (Å²) in [5, 5.41) is 19.8. The number of furan rings is 1. The van der Waals surface area contributed by atoms with Gasteiger partial charge in [-0.05, 0) is 12.1 Å². The molecule has 2 aromatic heterocycles. The van der Waals surface area contributed by atoms with Gasteiger partial charge < -0.3 is 19.5 Å². The summed E-state index contributed by atoms with van der Waals surface area (Å²) in [5.41, 5.74) is -3.68. The van der Waals surface area contributed by atoms with Crippen LogP contribution < -0.4 is 9.80 Å². The summed E-state index contributed by atoms with van der Waals surface area (Å²) < 4.78 is 97.1. The van der Waals surface area contributed by atoms with Crippen LogP contribution in [0.1, 0.15) is 9.68 Å². The first kappa shape index (κ1) is 20.1. The molecule has 1 fully saturated rings. The van der Waals surface area contributed by atoms with Crippen molar-refractivity contribution >= 4 is 46.0 Å². The maximum absolute atomic E-state index is 14.6. The maximum atomic E-state index is 14.6. The van der Waals surface area contributed by atoms with Gasteiger partial charge in [0.15, 0.2) is 11.7 Å². The van der Waals surface area contributed by atoms with Crippen LogP contribution in [0.4, 0.5) is 33.5 Å². The van der Waals surface area contributed by atoms with Gasteiger partial charge in [-0.15, -0.1) is 0 Å². The third kappa shape index (κ3) is 3.75. The number of anilines is 2. The second-order valence-electron chi connectivity index (χ2n) is 7.14. The summed E-state index contributed by atoms with van der Waals surface area (Å²) in [5.74, 6) is -7.04. The van der Waals surface area contributed by atoms with Crippen LogP contribution in [-0.2, 0) is 15.8 Å². The van der Waals surface area contributed by atoms with Gasteiger partial charge in [0, 0.05) is 23.2 Å². The zero-order valence-electron chi connectivity index (χ0n) is 19.3. The van der Waals surface area contributed by atoms with E-state index in [9.17, 15) is 41.8 Å². The molecule has 2 N–H and O–H groups in total. The van der Waals surface area contributed by atoms with Crippen molar-refractivity contribution in [2.24, 2.45) is 0 Å². The number of pyridine rings is 1. The number of fused-ring (bicyclic) bond motifs is 1. The summed E-state index contributed by atoms with van der Waals surface area (Å²) in [6, 6.07) is -0.467. The molecule has 1 aromatic carbocycles. The summed E-state index contributed by atoms with van der Waals surface area (Å²) in [6.45, 7) is -3.54. The number of rotatable bonds is 3. The molecule has 3 heterocycles. The number of hydrogen-bond acceptors (Lipinski definition) is 6. The van der Waals surface area contributed by atoms with Gasteiger partial charge in [-0.3, -0.25) is 14.5 Å². The predicted molar refractivity (Wildman–Crippen MR) is 107 cm³/mol. The standard InChI is InChI=1S/C20H13ClF5N3O5/c1-28(12-5-8(21)9(22)6-10(12)23)18(32)14-15(30)16(31)19(33)29(14)13-4-7(20(24,25)26)17-11(27-13)2-3-34-17/h2-6,14-16,30-31H,1H3/t14-,15-,16-/m0/s1/i1D3. The van der Waals surface area contributed by atoms with Gasteiger partial charge in [0.05, 0.1) is 17.0 Å². The Bertz CT molecular complexity index is 1420. The molecular formula is C20H13ClF5N3O5. The van der Waals surface area contributed by atoms with E-state index >= 15 is 0 Å². The monoisotopic (exact) mass is 508 g/mol. The van der Waals surface area contributed by atoms with Gasteiger partial charge in [0.2, 0.25) is 0 Å². The Morgan fingerprint density at radius 2 is 1.97 bits per heavy atom.